The van der Waals surface area contributed by atoms with Crippen LogP contribution in [0.15, 0.2) is 54.6 Å². The molecule has 0 saturated heterocycles. The van der Waals surface area contributed by atoms with Gasteiger partial charge in [-0.1, -0.05) is 54.1 Å². The molecule has 1 nitrogen and oxygen atoms in total. The molecular formula is C28H36ClN. The Kier molecular flexibility index (Phi) is 5.48. The molecule has 6 rings (SSSR count). The van der Waals surface area contributed by atoms with Gasteiger partial charge in [0.2, 0.25) is 0 Å². The maximum absolute atomic E-state index is 6.22. The van der Waals surface area contributed by atoms with Crippen molar-refractivity contribution in [2.75, 3.05) is 0 Å². The molecule has 2 aromatic rings. The summed E-state index contributed by atoms with van der Waals surface area (Å²) in [6.07, 6.45) is 10.8. The van der Waals surface area contributed by atoms with E-state index in [9.17, 15) is 0 Å². The van der Waals surface area contributed by atoms with E-state index in [0.717, 1.165) is 23.3 Å². The van der Waals surface area contributed by atoms with Gasteiger partial charge < -0.3 is 5.32 Å². The van der Waals surface area contributed by atoms with Gasteiger partial charge in [-0.15, -0.1) is 0 Å². The molecule has 4 fully saturated rings. The lowest BCUT2D eigenvalue weighted by Gasteiger charge is -2.64. The fourth-order valence-corrected chi connectivity index (χ4v) is 7.82. The Morgan fingerprint density at radius 2 is 1.60 bits per heavy atom. The predicted octanol–water partition coefficient (Wildman–Crippen LogP) is 7.18. The van der Waals surface area contributed by atoms with Crippen molar-refractivity contribution in [1.82, 2.24) is 5.32 Å². The first-order chi connectivity index (χ1) is 14.5. The zero-order chi connectivity index (χ0) is 20.8. The van der Waals surface area contributed by atoms with Gasteiger partial charge in [-0.3, -0.25) is 0 Å². The molecule has 4 aliphatic rings. The molecule has 0 radical (unpaired) electrons. The lowest BCUT2D eigenvalue weighted by atomic mass is 9.41. The number of aryl methyl sites for hydroxylation is 1. The largest absolute Gasteiger partial charge is 0.311 e. The van der Waals surface area contributed by atoms with Crippen LogP contribution < -0.4 is 5.32 Å². The van der Waals surface area contributed by atoms with Gasteiger partial charge in [-0.2, -0.15) is 0 Å². The van der Waals surface area contributed by atoms with Crippen molar-refractivity contribution in [3.63, 3.8) is 0 Å². The standard InChI is InChI=1S/C28H36ClN/c1-20(8-9-22-6-4-3-5-7-22)30-21(2)27-15-23-14-24(16-27)18-28(17-23,19-27)25-10-12-26(29)13-11-25/h3-7,10-13,20-21,23-24,30H,8-9,14-19H2,1-2H3/t20-,21+,23-,24+,27?,28?/m1/s1. The van der Waals surface area contributed by atoms with E-state index >= 15 is 0 Å². The van der Waals surface area contributed by atoms with E-state index in [4.69, 9.17) is 11.6 Å². The van der Waals surface area contributed by atoms with Crippen molar-refractivity contribution in [2.24, 2.45) is 17.3 Å². The minimum Gasteiger partial charge on any atom is -0.311 e. The maximum Gasteiger partial charge on any atom is 0.0406 e. The van der Waals surface area contributed by atoms with E-state index in [-0.39, 0.29) is 0 Å². The van der Waals surface area contributed by atoms with Crippen LogP contribution in [-0.2, 0) is 11.8 Å². The fourth-order valence-electron chi connectivity index (χ4n) is 7.70. The van der Waals surface area contributed by atoms with Gasteiger partial charge in [-0.25, -0.2) is 0 Å². The summed E-state index contributed by atoms with van der Waals surface area (Å²) in [7, 11) is 0. The summed E-state index contributed by atoms with van der Waals surface area (Å²) in [5.41, 5.74) is 3.85. The van der Waals surface area contributed by atoms with Crippen LogP contribution in [0.4, 0.5) is 0 Å². The molecule has 0 spiro atoms. The maximum atomic E-state index is 6.22. The molecular weight excluding hydrogens is 386 g/mol. The average Bonchev–Trinajstić information content (AvgIpc) is 2.72. The molecule has 2 unspecified atom stereocenters. The minimum atomic E-state index is 0.387. The van der Waals surface area contributed by atoms with Crippen molar-refractivity contribution < 1.29 is 0 Å². The molecule has 160 valence electrons. The molecule has 0 amide bonds. The summed E-state index contributed by atoms with van der Waals surface area (Å²) in [6.45, 7) is 4.87. The molecule has 4 bridgehead atoms. The number of benzene rings is 2. The van der Waals surface area contributed by atoms with Crippen LogP contribution in [0.2, 0.25) is 5.02 Å². The highest BCUT2D eigenvalue weighted by atomic mass is 35.5. The monoisotopic (exact) mass is 421 g/mol. The fraction of sp³-hybridized carbons (Fsp3) is 0.571. The molecule has 2 heteroatoms. The van der Waals surface area contributed by atoms with Gasteiger partial charge >= 0.3 is 0 Å². The van der Waals surface area contributed by atoms with Crippen LogP contribution in [0, 0.1) is 17.3 Å². The Labute approximate surface area is 187 Å². The normalized spacial score (nSPS) is 34.1. The van der Waals surface area contributed by atoms with Crippen molar-refractivity contribution in [2.45, 2.75) is 82.7 Å². The van der Waals surface area contributed by atoms with Gasteiger partial charge in [0, 0.05) is 17.1 Å². The molecule has 0 aliphatic heterocycles. The lowest BCUT2D eigenvalue weighted by molar-refractivity contribution is -0.0894. The molecule has 0 heterocycles. The lowest BCUT2D eigenvalue weighted by Crippen LogP contribution is -2.60. The Morgan fingerprint density at radius 1 is 0.933 bits per heavy atom. The molecule has 0 aromatic heterocycles. The van der Waals surface area contributed by atoms with E-state index in [0.29, 0.717) is 22.9 Å². The average molecular weight is 422 g/mol. The van der Waals surface area contributed by atoms with E-state index < -0.39 is 0 Å². The number of hydrogen-bond donors (Lipinski definition) is 1. The molecule has 4 saturated carbocycles. The molecule has 4 aliphatic carbocycles. The van der Waals surface area contributed by atoms with Gasteiger partial charge in [0.1, 0.15) is 0 Å². The van der Waals surface area contributed by atoms with Crippen LogP contribution in [0.3, 0.4) is 0 Å². The molecule has 1 N–H and O–H groups in total. The Hall–Kier alpha value is -1.31. The highest BCUT2D eigenvalue weighted by Crippen LogP contribution is 2.66. The highest BCUT2D eigenvalue weighted by molar-refractivity contribution is 6.30. The summed E-state index contributed by atoms with van der Waals surface area (Å²) >= 11 is 6.22. The number of hydrogen-bond acceptors (Lipinski definition) is 1. The minimum absolute atomic E-state index is 0.387. The predicted molar refractivity (Wildman–Crippen MR) is 127 cm³/mol. The van der Waals surface area contributed by atoms with Crippen molar-refractivity contribution >= 4 is 11.6 Å². The third kappa shape index (κ3) is 3.84. The zero-order valence-corrected chi connectivity index (χ0v) is 19.3. The number of halogens is 1. The second-order valence-corrected chi connectivity index (χ2v) is 11.4. The third-order valence-electron chi connectivity index (χ3n) is 8.72. The number of nitrogens with one attached hydrogen (secondary N) is 1. The SMILES string of the molecule is C[C@H](CCc1ccccc1)N[C@@H](C)C12C[C@@H]3C[C@@H](CC(c4ccc(Cl)cc4)(C3)C1)C2. The van der Waals surface area contributed by atoms with Gasteiger partial charge in [0.15, 0.2) is 0 Å². The topological polar surface area (TPSA) is 12.0 Å². The van der Waals surface area contributed by atoms with E-state index in [2.05, 4.69) is 73.8 Å². The Balaban J connectivity index is 1.30. The summed E-state index contributed by atoms with van der Waals surface area (Å²) in [6, 6.07) is 20.9. The highest BCUT2D eigenvalue weighted by Gasteiger charge is 2.59. The van der Waals surface area contributed by atoms with Gasteiger partial charge in [0.05, 0.1) is 0 Å². The van der Waals surface area contributed by atoms with Crippen LogP contribution in [0.25, 0.3) is 0 Å². The first kappa shape index (κ1) is 20.6. The van der Waals surface area contributed by atoms with Gasteiger partial charge in [0.25, 0.3) is 0 Å². The first-order valence-electron chi connectivity index (χ1n) is 12.0. The quantitative estimate of drug-likeness (QED) is 0.499. The first-order valence-corrected chi connectivity index (χ1v) is 12.4. The van der Waals surface area contributed by atoms with E-state index in [1.54, 1.807) is 5.56 Å². The smallest absolute Gasteiger partial charge is 0.0406 e. The molecule has 30 heavy (non-hydrogen) atoms. The van der Waals surface area contributed by atoms with Crippen molar-refractivity contribution in [1.29, 1.82) is 0 Å². The third-order valence-corrected chi connectivity index (χ3v) is 8.98. The second-order valence-electron chi connectivity index (χ2n) is 10.9. The summed E-state index contributed by atoms with van der Waals surface area (Å²) in [5.74, 6) is 1.82. The van der Waals surface area contributed by atoms with Crippen LogP contribution in [-0.4, -0.2) is 12.1 Å². The molecule has 2 aromatic carbocycles. The number of rotatable bonds is 7. The van der Waals surface area contributed by atoms with Crippen LogP contribution >= 0.6 is 11.6 Å². The van der Waals surface area contributed by atoms with Crippen molar-refractivity contribution in [3.05, 3.63) is 70.7 Å². The van der Waals surface area contributed by atoms with E-state index in [1.165, 1.54) is 50.5 Å². The zero-order valence-electron chi connectivity index (χ0n) is 18.5. The summed E-state index contributed by atoms with van der Waals surface area (Å²) in [5, 5.41) is 4.93. The Bertz CT molecular complexity index is 844. The van der Waals surface area contributed by atoms with E-state index in [1.807, 2.05) is 0 Å². The Morgan fingerprint density at radius 3 is 2.27 bits per heavy atom. The van der Waals surface area contributed by atoms with Crippen LogP contribution in [0.5, 0.6) is 0 Å². The van der Waals surface area contributed by atoms with Gasteiger partial charge in [-0.05, 0) is 111 Å². The second kappa shape index (κ2) is 7.99. The molecule has 6 atom stereocenters. The van der Waals surface area contributed by atoms with Crippen LogP contribution in [0.1, 0.15) is 69.9 Å². The van der Waals surface area contributed by atoms with Crippen molar-refractivity contribution in [3.8, 4) is 0 Å². The summed E-state index contributed by atoms with van der Waals surface area (Å²) in [4.78, 5) is 0. The summed E-state index contributed by atoms with van der Waals surface area (Å²) < 4.78 is 0.